The van der Waals surface area contributed by atoms with Gasteiger partial charge in [-0.15, -0.1) is 0 Å². The number of fused-ring (bicyclic) bond motifs is 1. The highest BCUT2D eigenvalue weighted by molar-refractivity contribution is 6.02. The number of hydrogen-bond donors (Lipinski definition) is 1. The number of benzene rings is 1. The number of aromatic nitrogens is 1. The Kier molecular flexibility index (Phi) is 4.14. The molecular weight excluding hydrogens is 294 g/mol. The van der Waals surface area contributed by atoms with Gasteiger partial charge in [0.05, 0.1) is 0 Å². The van der Waals surface area contributed by atoms with Gasteiger partial charge in [-0.25, -0.2) is 0 Å². The molecule has 1 N–H and O–H groups in total. The zero-order valence-electron chi connectivity index (χ0n) is 13.3. The van der Waals surface area contributed by atoms with Gasteiger partial charge in [-0.2, -0.15) is 0 Å². The second-order valence-electron chi connectivity index (χ2n) is 5.68. The van der Waals surface area contributed by atoms with Gasteiger partial charge in [0, 0.05) is 31.3 Å². The van der Waals surface area contributed by atoms with Crippen molar-refractivity contribution in [1.29, 1.82) is 0 Å². The first-order chi connectivity index (χ1) is 11.1. The smallest absolute Gasteiger partial charge is 0.277 e. The maximum atomic E-state index is 12.1. The van der Waals surface area contributed by atoms with Crippen LogP contribution in [0.4, 0.5) is 5.69 Å². The number of amides is 2. The summed E-state index contributed by atoms with van der Waals surface area (Å²) in [4.78, 5) is 25.8. The van der Waals surface area contributed by atoms with Crippen LogP contribution in [0.25, 0.3) is 0 Å². The molecule has 1 aliphatic rings. The molecule has 0 unspecified atom stereocenters. The van der Waals surface area contributed by atoms with E-state index in [0.717, 1.165) is 18.5 Å². The van der Waals surface area contributed by atoms with Crippen molar-refractivity contribution < 1.29 is 14.1 Å². The van der Waals surface area contributed by atoms with E-state index in [9.17, 15) is 9.59 Å². The van der Waals surface area contributed by atoms with Crippen LogP contribution in [-0.4, -0.2) is 28.4 Å². The van der Waals surface area contributed by atoms with Gasteiger partial charge >= 0.3 is 0 Å². The van der Waals surface area contributed by atoms with Crippen molar-refractivity contribution in [1.82, 2.24) is 10.1 Å². The zero-order valence-corrected chi connectivity index (χ0v) is 13.3. The van der Waals surface area contributed by atoms with Crippen molar-refractivity contribution in [2.24, 2.45) is 0 Å². The van der Waals surface area contributed by atoms with Gasteiger partial charge in [0.15, 0.2) is 5.69 Å². The number of rotatable bonds is 3. The summed E-state index contributed by atoms with van der Waals surface area (Å²) in [7, 11) is 0. The van der Waals surface area contributed by atoms with Crippen molar-refractivity contribution in [3.8, 4) is 0 Å². The maximum Gasteiger partial charge on any atom is 0.277 e. The van der Waals surface area contributed by atoms with Crippen LogP contribution in [0, 0.1) is 6.92 Å². The molecule has 3 rings (SSSR count). The molecule has 1 aromatic carbocycles. The Morgan fingerprint density at radius 2 is 2.13 bits per heavy atom. The minimum atomic E-state index is -0.306. The lowest BCUT2D eigenvalue weighted by Crippen LogP contribution is -2.35. The molecule has 1 aliphatic heterocycles. The van der Waals surface area contributed by atoms with E-state index in [1.165, 1.54) is 5.56 Å². The molecule has 0 fully saturated rings. The minimum absolute atomic E-state index is 0.156. The second kappa shape index (κ2) is 6.24. The van der Waals surface area contributed by atoms with Crippen molar-refractivity contribution in [3.63, 3.8) is 0 Å². The highest BCUT2D eigenvalue weighted by Gasteiger charge is 2.20. The molecule has 6 heteroatoms. The maximum absolute atomic E-state index is 12.1. The van der Waals surface area contributed by atoms with E-state index in [4.69, 9.17) is 4.52 Å². The van der Waals surface area contributed by atoms with Crippen LogP contribution in [-0.2, 0) is 17.8 Å². The van der Waals surface area contributed by atoms with Crippen molar-refractivity contribution in [2.45, 2.75) is 33.2 Å². The Labute approximate surface area is 134 Å². The van der Waals surface area contributed by atoms with E-state index in [2.05, 4.69) is 10.5 Å². The number of nitrogens with zero attached hydrogens (tertiary/aromatic N) is 2. The molecule has 0 spiro atoms. The summed E-state index contributed by atoms with van der Waals surface area (Å²) in [5.41, 5.74) is 3.25. The average molecular weight is 313 g/mol. The summed E-state index contributed by atoms with van der Waals surface area (Å²) in [5, 5.41) is 6.52. The van der Waals surface area contributed by atoms with Crippen LogP contribution in [0.2, 0.25) is 0 Å². The first kappa shape index (κ1) is 15.3. The largest absolute Gasteiger partial charge is 0.361 e. The first-order valence-corrected chi connectivity index (χ1v) is 7.71. The lowest BCUT2D eigenvalue weighted by Gasteiger charge is -2.29. The summed E-state index contributed by atoms with van der Waals surface area (Å²) in [6.45, 7) is 4.95. The molecular formula is C17H19N3O3. The van der Waals surface area contributed by atoms with Crippen LogP contribution in [0.5, 0.6) is 0 Å². The summed E-state index contributed by atoms with van der Waals surface area (Å²) in [5.74, 6) is 0.441. The number of carbonyl (C=O) groups excluding carboxylic acids is 2. The SMILES string of the molecule is CCC(=O)N1CCc2ccc(NC(=O)c3cc(C)on3)cc2C1. The van der Waals surface area contributed by atoms with Gasteiger partial charge < -0.3 is 14.7 Å². The molecule has 6 nitrogen and oxygen atoms in total. The van der Waals surface area contributed by atoms with Crippen LogP contribution < -0.4 is 5.32 Å². The average Bonchev–Trinajstić information content (AvgIpc) is 3.00. The minimum Gasteiger partial charge on any atom is -0.361 e. The summed E-state index contributed by atoms with van der Waals surface area (Å²) in [6.07, 6.45) is 1.36. The van der Waals surface area contributed by atoms with E-state index >= 15 is 0 Å². The molecule has 120 valence electrons. The highest BCUT2D eigenvalue weighted by Crippen LogP contribution is 2.23. The molecule has 0 aliphatic carbocycles. The number of hydrogen-bond acceptors (Lipinski definition) is 4. The van der Waals surface area contributed by atoms with E-state index < -0.39 is 0 Å². The highest BCUT2D eigenvalue weighted by atomic mass is 16.5. The van der Waals surface area contributed by atoms with Crippen molar-refractivity contribution in [2.75, 3.05) is 11.9 Å². The Morgan fingerprint density at radius 1 is 1.30 bits per heavy atom. The Hall–Kier alpha value is -2.63. The number of anilines is 1. The van der Waals surface area contributed by atoms with Gasteiger partial charge in [-0.1, -0.05) is 18.1 Å². The van der Waals surface area contributed by atoms with E-state index in [1.54, 1.807) is 13.0 Å². The molecule has 0 radical (unpaired) electrons. The Balaban J connectivity index is 1.75. The van der Waals surface area contributed by atoms with Gasteiger partial charge in [-0.3, -0.25) is 9.59 Å². The van der Waals surface area contributed by atoms with E-state index in [1.807, 2.05) is 30.0 Å². The predicted molar refractivity (Wildman–Crippen MR) is 85.0 cm³/mol. The molecule has 0 bridgehead atoms. The third-order valence-electron chi connectivity index (χ3n) is 3.99. The van der Waals surface area contributed by atoms with Crippen LogP contribution >= 0.6 is 0 Å². The molecule has 1 aromatic heterocycles. The van der Waals surface area contributed by atoms with Crippen molar-refractivity contribution in [3.05, 3.63) is 46.8 Å². The third-order valence-corrected chi connectivity index (χ3v) is 3.99. The molecule has 2 amide bonds. The number of aryl methyl sites for hydroxylation is 1. The molecule has 0 saturated carbocycles. The Morgan fingerprint density at radius 3 is 2.83 bits per heavy atom. The molecule has 23 heavy (non-hydrogen) atoms. The second-order valence-corrected chi connectivity index (χ2v) is 5.68. The molecule has 0 atom stereocenters. The van der Waals surface area contributed by atoms with Crippen LogP contribution in [0.15, 0.2) is 28.8 Å². The fraction of sp³-hybridized carbons (Fsp3) is 0.353. The van der Waals surface area contributed by atoms with Crippen molar-refractivity contribution >= 4 is 17.5 Å². The Bertz CT molecular complexity index is 751. The lowest BCUT2D eigenvalue weighted by molar-refractivity contribution is -0.131. The fourth-order valence-electron chi connectivity index (χ4n) is 2.74. The number of nitrogens with one attached hydrogen (secondary N) is 1. The van der Waals surface area contributed by atoms with Gasteiger partial charge in [0.2, 0.25) is 5.91 Å². The lowest BCUT2D eigenvalue weighted by atomic mass is 9.99. The fourth-order valence-corrected chi connectivity index (χ4v) is 2.74. The van der Waals surface area contributed by atoms with Crippen LogP contribution in [0.3, 0.4) is 0 Å². The van der Waals surface area contributed by atoms with Crippen LogP contribution in [0.1, 0.15) is 40.7 Å². The molecule has 2 heterocycles. The normalized spacial score (nSPS) is 13.6. The topological polar surface area (TPSA) is 75.4 Å². The predicted octanol–water partition coefficient (Wildman–Crippen LogP) is 2.53. The molecule has 2 aromatic rings. The number of carbonyl (C=O) groups is 2. The monoisotopic (exact) mass is 313 g/mol. The first-order valence-electron chi connectivity index (χ1n) is 7.71. The van der Waals surface area contributed by atoms with Gasteiger partial charge in [0.25, 0.3) is 5.91 Å². The zero-order chi connectivity index (χ0) is 16.4. The summed E-state index contributed by atoms with van der Waals surface area (Å²) >= 11 is 0. The molecule has 0 saturated heterocycles. The van der Waals surface area contributed by atoms with Gasteiger partial charge in [0.1, 0.15) is 5.76 Å². The summed E-state index contributed by atoms with van der Waals surface area (Å²) < 4.78 is 4.91. The van der Waals surface area contributed by atoms with Gasteiger partial charge in [-0.05, 0) is 36.6 Å². The summed E-state index contributed by atoms with van der Waals surface area (Å²) in [6, 6.07) is 7.40. The van der Waals surface area contributed by atoms with E-state index in [-0.39, 0.29) is 17.5 Å². The van der Waals surface area contributed by atoms with E-state index in [0.29, 0.717) is 24.4 Å². The quantitative estimate of drug-likeness (QED) is 0.945. The third kappa shape index (κ3) is 3.26. The standard InChI is InChI=1S/C17H19N3O3/c1-3-16(21)20-7-6-12-4-5-14(9-13(12)10-20)18-17(22)15-8-11(2)23-19-15/h4-5,8-9H,3,6-7,10H2,1-2H3,(H,18,22).